The first-order valence-electron chi connectivity index (χ1n) is 8.60. The number of carbonyl (C=O) groups is 2. The Morgan fingerprint density at radius 3 is 2.70 bits per heavy atom. The lowest BCUT2D eigenvalue weighted by molar-refractivity contribution is -0.899. The zero-order valence-electron chi connectivity index (χ0n) is 13.9. The fourth-order valence-electron chi connectivity index (χ4n) is 3.12. The first-order chi connectivity index (χ1) is 11.1. The first kappa shape index (κ1) is 17.5. The number of likely N-dealkylation sites (tertiary alicyclic amines) is 1. The van der Waals surface area contributed by atoms with Crippen LogP contribution in [0.5, 0.6) is 0 Å². The Labute approximate surface area is 138 Å². The maximum absolute atomic E-state index is 12.2. The number of anilines is 1. The molecule has 0 aliphatic carbocycles. The Morgan fingerprint density at radius 2 is 2.04 bits per heavy atom. The summed E-state index contributed by atoms with van der Waals surface area (Å²) in [4.78, 5) is 24.6. The van der Waals surface area contributed by atoms with Crippen molar-refractivity contribution < 1.29 is 14.5 Å². The van der Waals surface area contributed by atoms with E-state index < -0.39 is 0 Å². The van der Waals surface area contributed by atoms with Crippen molar-refractivity contribution in [3.8, 4) is 0 Å². The summed E-state index contributed by atoms with van der Waals surface area (Å²) in [5.74, 6) is -0.346. The van der Waals surface area contributed by atoms with Crippen molar-refractivity contribution in [2.24, 2.45) is 11.7 Å². The second kappa shape index (κ2) is 8.67. The number of hydrogen-bond acceptors (Lipinski definition) is 2. The lowest BCUT2D eigenvalue weighted by Gasteiger charge is -2.27. The highest BCUT2D eigenvalue weighted by atomic mass is 16.2. The SMILES string of the molecule is CCCCc1ccc(NC(=O)C[NH+]2CCC[C@H](C(N)=O)C2)cc1. The van der Waals surface area contributed by atoms with Crippen LogP contribution >= 0.6 is 0 Å². The second-order valence-corrected chi connectivity index (χ2v) is 6.47. The monoisotopic (exact) mass is 318 g/mol. The molecule has 5 nitrogen and oxygen atoms in total. The van der Waals surface area contributed by atoms with Crippen LogP contribution < -0.4 is 16.0 Å². The number of nitrogens with two attached hydrogens (primary N) is 1. The molecule has 1 aromatic carbocycles. The molecule has 0 spiro atoms. The van der Waals surface area contributed by atoms with Gasteiger partial charge in [0.1, 0.15) is 0 Å². The summed E-state index contributed by atoms with van der Waals surface area (Å²) in [6, 6.07) is 8.06. The van der Waals surface area contributed by atoms with Gasteiger partial charge in [0.25, 0.3) is 5.91 Å². The number of unbranched alkanes of at least 4 members (excludes halogenated alkanes) is 1. The lowest BCUT2D eigenvalue weighted by atomic mass is 9.97. The molecular weight excluding hydrogens is 290 g/mol. The molecule has 1 fully saturated rings. The van der Waals surface area contributed by atoms with E-state index in [-0.39, 0.29) is 17.7 Å². The third-order valence-electron chi connectivity index (χ3n) is 4.49. The van der Waals surface area contributed by atoms with E-state index in [1.165, 1.54) is 18.4 Å². The Kier molecular flexibility index (Phi) is 6.59. The van der Waals surface area contributed by atoms with Gasteiger partial charge >= 0.3 is 0 Å². The summed E-state index contributed by atoms with van der Waals surface area (Å²) in [5, 5.41) is 2.94. The van der Waals surface area contributed by atoms with E-state index in [0.29, 0.717) is 13.1 Å². The number of aryl methyl sites for hydroxylation is 1. The van der Waals surface area contributed by atoms with Crippen LogP contribution in [0, 0.1) is 5.92 Å². The fraction of sp³-hybridized carbons (Fsp3) is 0.556. The summed E-state index contributed by atoms with van der Waals surface area (Å²) in [6.07, 6.45) is 5.24. The Bertz CT molecular complexity index is 528. The average Bonchev–Trinajstić information content (AvgIpc) is 2.54. The van der Waals surface area contributed by atoms with Crippen LogP contribution in [-0.4, -0.2) is 31.4 Å². The third-order valence-corrected chi connectivity index (χ3v) is 4.49. The van der Waals surface area contributed by atoms with E-state index in [1.54, 1.807) is 0 Å². The number of primary amides is 1. The molecule has 1 aliphatic rings. The van der Waals surface area contributed by atoms with E-state index in [4.69, 9.17) is 5.73 Å². The van der Waals surface area contributed by atoms with E-state index in [0.717, 1.165) is 36.4 Å². The maximum atomic E-state index is 12.2. The van der Waals surface area contributed by atoms with Crippen LogP contribution in [0.3, 0.4) is 0 Å². The standard InChI is InChI=1S/C18H27N3O2/c1-2-3-5-14-7-9-16(10-8-14)20-17(22)13-21-11-4-6-15(12-21)18(19)23/h7-10,15H,2-6,11-13H2,1H3,(H2,19,23)(H,20,22)/p+1/t15-/m0/s1. The molecule has 0 bridgehead atoms. The van der Waals surface area contributed by atoms with Gasteiger partial charge in [0.2, 0.25) is 5.91 Å². The van der Waals surface area contributed by atoms with E-state index >= 15 is 0 Å². The van der Waals surface area contributed by atoms with Crippen molar-refractivity contribution in [2.45, 2.75) is 39.0 Å². The predicted octanol–water partition coefficient (Wildman–Crippen LogP) is 0.748. The molecule has 2 atom stereocenters. The van der Waals surface area contributed by atoms with Gasteiger partial charge < -0.3 is 16.0 Å². The maximum Gasteiger partial charge on any atom is 0.279 e. The second-order valence-electron chi connectivity index (χ2n) is 6.47. The largest absolute Gasteiger partial charge is 0.369 e. The molecule has 0 saturated carbocycles. The van der Waals surface area contributed by atoms with Crippen LogP contribution in [-0.2, 0) is 16.0 Å². The summed E-state index contributed by atoms with van der Waals surface area (Å²) in [6.45, 7) is 4.16. The Morgan fingerprint density at radius 1 is 1.30 bits per heavy atom. The summed E-state index contributed by atoms with van der Waals surface area (Å²) in [7, 11) is 0. The summed E-state index contributed by atoms with van der Waals surface area (Å²) >= 11 is 0. The molecule has 4 N–H and O–H groups in total. The van der Waals surface area contributed by atoms with E-state index in [9.17, 15) is 9.59 Å². The van der Waals surface area contributed by atoms with Crippen molar-refractivity contribution in [1.29, 1.82) is 0 Å². The topological polar surface area (TPSA) is 76.6 Å². The quantitative estimate of drug-likeness (QED) is 0.694. The minimum Gasteiger partial charge on any atom is -0.369 e. The smallest absolute Gasteiger partial charge is 0.279 e. The van der Waals surface area contributed by atoms with E-state index in [1.807, 2.05) is 12.1 Å². The Hall–Kier alpha value is -1.88. The number of quaternary nitrogens is 1. The molecule has 126 valence electrons. The number of carbonyl (C=O) groups excluding carboxylic acids is 2. The summed E-state index contributed by atoms with van der Waals surface area (Å²) < 4.78 is 0. The zero-order valence-corrected chi connectivity index (χ0v) is 13.9. The molecular formula is C18H28N3O2+. The molecule has 2 amide bonds. The van der Waals surface area contributed by atoms with Gasteiger partial charge in [-0.3, -0.25) is 9.59 Å². The van der Waals surface area contributed by atoms with Crippen LogP contribution in [0.1, 0.15) is 38.2 Å². The Balaban J connectivity index is 1.81. The minimum atomic E-state index is -0.245. The van der Waals surface area contributed by atoms with Crippen molar-refractivity contribution in [3.63, 3.8) is 0 Å². The molecule has 1 aromatic rings. The molecule has 5 heteroatoms. The highest BCUT2D eigenvalue weighted by molar-refractivity contribution is 5.91. The van der Waals surface area contributed by atoms with Crippen LogP contribution in [0.2, 0.25) is 0 Å². The number of nitrogens with one attached hydrogen (secondary N) is 2. The number of rotatable bonds is 7. The molecule has 0 radical (unpaired) electrons. The van der Waals surface area contributed by atoms with Crippen LogP contribution in [0.15, 0.2) is 24.3 Å². The molecule has 2 rings (SSSR count). The lowest BCUT2D eigenvalue weighted by Crippen LogP contribution is -3.14. The highest BCUT2D eigenvalue weighted by Crippen LogP contribution is 2.11. The van der Waals surface area contributed by atoms with Gasteiger partial charge in [-0.25, -0.2) is 0 Å². The molecule has 23 heavy (non-hydrogen) atoms. The van der Waals surface area contributed by atoms with E-state index in [2.05, 4.69) is 24.4 Å². The summed E-state index contributed by atoms with van der Waals surface area (Å²) in [5.41, 5.74) is 7.51. The van der Waals surface area contributed by atoms with Gasteiger partial charge in [0.15, 0.2) is 6.54 Å². The normalized spacial score (nSPS) is 20.9. The van der Waals surface area contributed by atoms with Crippen molar-refractivity contribution in [1.82, 2.24) is 0 Å². The van der Waals surface area contributed by atoms with Crippen molar-refractivity contribution in [2.75, 3.05) is 25.0 Å². The number of hydrogen-bond donors (Lipinski definition) is 3. The molecule has 1 heterocycles. The average molecular weight is 318 g/mol. The van der Waals surface area contributed by atoms with Gasteiger partial charge in [0, 0.05) is 5.69 Å². The number of benzene rings is 1. The third kappa shape index (κ3) is 5.67. The molecule has 0 aromatic heterocycles. The van der Waals surface area contributed by atoms with Gasteiger partial charge in [-0.1, -0.05) is 25.5 Å². The molecule has 1 aliphatic heterocycles. The molecule has 1 saturated heterocycles. The number of amides is 2. The van der Waals surface area contributed by atoms with Crippen LogP contribution in [0.4, 0.5) is 5.69 Å². The zero-order chi connectivity index (χ0) is 16.7. The fourth-order valence-corrected chi connectivity index (χ4v) is 3.12. The number of piperidine rings is 1. The predicted molar refractivity (Wildman–Crippen MR) is 91.2 cm³/mol. The van der Waals surface area contributed by atoms with Gasteiger partial charge in [0.05, 0.1) is 19.0 Å². The molecule has 1 unspecified atom stereocenters. The van der Waals surface area contributed by atoms with Gasteiger partial charge in [-0.05, 0) is 43.4 Å². The first-order valence-corrected chi connectivity index (χ1v) is 8.60. The van der Waals surface area contributed by atoms with Crippen LogP contribution in [0.25, 0.3) is 0 Å². The van der Waals surface area contributed by atoms with Crippen molar-refractivity contribution >= 4 is 17.5 Å². The highest BCUT2D eigenvalue weighted by Gasteiger charge is 2.28. The van der Waals surface area contributed by atoms with Crippen molar-refractivity contribution in [3.05, 3.63) is 29.8 Å². The minimum absolute atomic E-state index is 0.00794. The van der Waals surface area contributed by atoms with Gasteiger partial charge in [-0.15, -0.1) is 0 Å². The van der Waals surface area contributed by atoms with Gasteiger partial charge in [-0.2, -0.15) is 0 Å².